The third kappa shape index (κ3) is 3.35. The molecule has 0 aromatic carbocycles. The van der Waals surface area contributed by atoms with E-state index in [1.54, 1.807) is 11.8 Å². The van der Waals surface area contributed by atoms with Gasteiger partial charge >= 0.3 is 0 Å². The third-order valence-corrected chi connectivity index (χ3v) is 4.57. The van der Waals surface area contributed by atoms with Gasteiger partial charge in [0.05, 0.1) is 5.75 Å². The molecule has 112 valence electrons. The second-order valence-electron chi connectivity index (χ2n) is 5.37. The molecule has 2 fully saturated rings. The molecule has 1 aromatic rings. The van der Waals surface area contributed by atoms with Crippen LogP contribution in [-0.4, -0.2) is 40.0 Å². The lowest BCUT2D eigenvalue weighted by molar-refractivity contribution is -0.120. The van der Waals surface area contributed by atoms with Crippen LogP contribution in [0, 0.1) is 0 Å². The molecule has 0 spiro atoms. The lowest BCUT2D eigenvalue weighted by Crippen LogP contribution is -2.20. The molecule has 0 unspecified atom stereocenters. The smallest absolute Gasteiger partial charge is 0.191 e. The van der Waals surface area contributed by atoms with Gasteiger partial charge in [-0.1, -0.05) is 11.8 Å². The lowest BCUT2D eigenvalue weighted by atomic mass is 10.4. The van der Waals surface area contributed by atoms with E-state index < -0.39 is 0 Å². The number of ether oxygens (including phenoxy) is 2. The van der Waals surface area contributed by atoms with Crippen LogP contribution in [0.25, 0.3) is 0 Å². The zero-order valence-electron chi connectivity index (χ0n) is 12.2. The van der Waals surface area contributed by atoms with Crippen molar-refractivity contribution in [1.82, 2.24) is 14.8 Å². The Bertz CT molecular complexity index is 438. The van der Waals surface area contributed by atoms with E-state index in [1.807, 2.05) is 13.8 Å². The SMILES string of the molecule is CCOC(CSc1nnc(C2CC2)n1C1CC1)OCC. The maximum atomic E-state index is 5.59. The summed E-state index contributed by atoms with van der Waals surface area (Å²) in [4.78, 5) is 0. The predicted molar refractivity (Wildman–Crippen MR) is 78.0 cm³/mol. The zero-order valence-corrected chi connectivity index (χ0v) is 13.1. The first-order valence-electron chi connectivity index (χ1n) is 7.64. The first kappa shape index (κ1) is 14.4. The Morgan fingerprint density at radius 2 is 1.85 bits per heavy atom. The maximum Gasteiger partial charge on any atom is 0.191 e. The van der Waals surface area contributed by atoms with Gasteiger partial charge in [0, 0.05) is 25.2 Å². The molecular weight excluding hydrogens is 274 g/mol. The van der Waals surface area contributed by atoms with E-state index >= 15 is 0 Å². The summed E-state index contributed by atoms with van der Waals surface area (Å²) in [6.45, 7) is 5.34. The fourth-order valence-corrected chi connectivity index (χ4v) is 3.30. The number of rotatable bonds is 9. The molecule has 0 aliphatic heterocycles. The third-order valence-electron chi connectivity index (χ3n) is 3.60. The number of hydrogen-bond donors (Lipinski definition) is 0. The quantitative estimate of drug-likeness (QED) is 0.518. The van der Waals surface area contributed by atoms with Crippen molar-refractivity contribution in [2.75, 3.05) is 19.0 Å². The average Bonchev–Trinajstić information content (AvgIpc) is 3.35. The molecule has 0 bridgehead atoms. The summed E-state index contributed by atoms with van der Waals surface area (Å²) in [6.07, 6.45) is 4.94. The van der Waals surface area contributed by atoms with E-state index in [4.69, 9.17) is 9.47 Å². The van der Waals surface area contributed by atoms with E-state index in [0.29, 0.717) is 25.2 Å². The monoisotopic (exact) mass is 297 g/mol. The highest BCUT2D eigenvalue weighted by Crippen LogP contribution is 2.46. The van der Waals surface area contributed by atoms with Crippen LogP contribution in [0.3, 0.4) is 0 Å². The number of nitrogens with zero attached hydrogens (tertiary/aromatic N) is 3. The summed E-state index contributed by atoms with van der Waals surface area (Å²) >= 11 is 1.71. The second-order valence-corrected chi connectivity index (χ2v) is 6.35. The number of hydrogen-bond acceptors (Lipinski definition) is 5. The first-order valence-corrected chi connectivity index (χ1v) is 8.62. The van der Waals surface area contributed by atoms with Crippen LogP contribution in [0.5, 0.6) is 0 Å². The van der Waals surface area contributed by atoms with Crippen molar-refractivity contribution in [3.05, 3.63) is 5.82 Å². The molecule has 20 heavy (non-hydrogen) atoms. The molecular formula is C14H23N3O2S. The first-order chi connectivity index (χ1) is 9.83. The molecule has 2 saturated carbocycles. The van der Waals surface area contributed by atoms with Crippen LogP contribution >= 0.6 is 11.8 Å². The minimum Gasteiger partial charge on any atom is -0.352 e. The molecule has 2 aliphatic carbocycles. The van der Waals surface area contributed by atoms with E-state index in [-0.39, 0.29) is 6.29 Å². The van der Waals surface area contributed by atoms with Gasteiger partial charge in [-0.15, -0.1) is 10.2 Å². The van der Waals surface area contributed by atoms with E-state index in [0.717, 1.165) is 10.9 Å². The maximum absolute atomic E-state index is 5.59. The Kier molecular flexibility index (Phi) is 4.63. The van der Waals surface area contributed by atoms with E-state index in [9.17, 15) is 0 Å². The van der Waals surface area contributed by atoms with Crippen molar-refractivity contribution in [3.63, 3.8) is 0 Å². The molecule has 0 atom stereocenters. The molecule has 1 heterocycles. The van der Waals surface area contributed by atoms with Gasteiger partial charge in [0.1, 0.15) is 5.82 Å². The van der Waals surface area contributed by atoms with Gasteiger partial charge in [-0.25, -0.2) is 0 Å². The van der Waals surface area contributed by atoms with Gasteiger partial charge in [0.15, 0.2) is 11.4 Å². The summed E-state index contributed by atoms with van der Waals surface area (Å²) in [6, 6.07) is 0.640. The van der Waals surface area contributed by atoms with Gasteiger partial charge in [0.2, 0.25) is 0 Å². The molecule has 1 aromatic heterocycles. The van der Waals surface area contributed by atoms with Gasteiger partial charge in [-0.2, -0.15) is 0 Å². The molecule has 0 N–H and O–H groups in total. The van der Waals surface area contributed by atoms with E-state index in [2.05, 4.69) is 14.8 Å². The Balaban J connectivity index is 1.64. The molecule has 0 amide bonds. The minimum absolute atomic E-state index is 0.149. The summed E-state index contributed by atoms with van der Waals surface area (Å²) in [7, 11) is 0. The molecule has 5 nitrogen and oxygen atoms in total. The highest BCUT2D eigenvalue weighted by molar-refractivity contribution is 7.99. The Labute approximate surface area is 124 Å². The van der Waals surface area contributed by atoms with Crippen LogP contribution in [0.15, 0.2) is 5.16 Å². The fraction of sp³-hybridized carbons (Fsp3) is 0.857. The Morgan fingerprint density at radius 3 is 2.40 bits per heavy atom. The van der Waals surface area contributed by atoms with Crippen molar-refractivity contribution in [2.45, 2.75) is 62.9 Å². The van der Waals surface area contributed by atoms with Crippen molar-refractivity contribution >= 4 is 11.8 Å². The van der Waals surface area contributed by atoms with Crippen LogP contribution in [0.2, 0.25) is 0 Å². The molecule has 2 aliphatic rings. The van der Waals surface area contributed by atoms with Gasteiger partial charge in [0.25, 0.3) is 0 Å². The summed E-state index contributed by atoms with van der Waals surface area (Å²) < 4.78 is 13.5. The minimum atomic E-state index is -0.149. The highest BCUT2D eigenvalue weighted by atomic mass is 32.2. The van der Waals surface area contributed by atoms with Gasteiger partial charge in [-0.3, -0.25) is 0 Å². The van der Waals surface area contributed by atoms with Crippen molar-refractivity contribution in [3.8, 4) is 0 Å². The average molecular weight is 297 g/mol. The fourth-order valence-electron chi connectivity index (χ4n) is 2.34. The standard InChI is InChI=1S/C14H23N3O2S/c1-3-18-12(19-4-2)9-20-14-16-15-13(10-5-6-10)17(14)11-7-8-11/h10-12H,3-9H2,1-2H3. The topological polar surface area (TPSA) is 49.2 Å². The lowest BCUT2D eigenvalue weighted by Gasteiger charge is -2.16. The highest BCUT2D eigenvalue weighted by Gasteiger charge is 2.36. The summed E-state index contributed by atoms with van der Waals surface area (Å²) in [5.74, 6) is 2.64. The Hall–Kier alpha value is -0.590. The number of thioether (sulfide) groups is 1. The predicted octanol–water partition coefficient (Wildman–Crippen LogP) is 2.98. The summed E-state index contributed by atoms with van der Waals surface area (Å²) in [5.41, 5.74) is 0. The number of aromatic nitrogens is 3. The van der Waals surface area contributed by atoms with Gasteiger partial charge in [-0.05, 0) is 39.5 Å². The molecule has 0 radical (unpaired) electrons. The molecule has 3 rings (SSSR count). The van der Waals surface area contributed by atoms with Crippen molar-refractivity contribution in [1.29, 1.82) is 0 Å². The normalized spacial score (nSPS) is 18.9. The van der Waals surface area contributed by atoms with Gasteiger partial charge < -0.3 is 14.0 Å². The Morgan fingerprint density at radius 1 is 1.15 bits per heavy atom. The van der Waals surface area contributed by atoms with Crippen molar-refractivity contribution in [2.24, 2.45) is 0 Å². The largest absolute Gasteiger partial charge is 0.352 e. The molecule has 0 saturated heterocycles. The van der Waals surface area contributed by atoms with Crippen LogP contribution < -0.4 is 0 Å². The second kappa shape index (κ2) is 6.45. The molecule has 6 heteroatoms. The van der Waals surface area contributed by atoms with Crippen molar-refractivity contribution < 1.29 is 9.47 Å². The zero-order chi connectivity index (χ0) is 13.9. The van der Waals surface area contributed by atoms with Crippen LogP contribution in [-0.2, 0) is 9.47 Å². The summed E-state index contributed by atoms with van der Waals surface area (Å²) in [5, 5.41) is 9.86. The van der Waals surface area contributed by atoms with Crippen LogP contribution in [0.1, 0.15) is 57.3 Å². The van der Waals surface area contributed by atoms with E-state index in [1.165, 1.54) is 31.5 Å². The van der Waals surface area contributed by atoms with Crippen LogP contribution in [0.4, 0.5) is 0 Å².